The van der Waals surface area contributed by atoms with Crippen molar-refractivity contribution in [2.24, 2.45) is 5.92 Å². The predicted molar refractivity (Wildman–Crippen MR) is 72.9 cm³/mol. The Balaban J connectivity index is 0.000000606. The lowest BCUT2D eigenvalue weighted by molar-refractivity contribution is 0.645. The quantitative estimate of drug-likeness (QED) is 0.749. The number of benzene rings is 1. The zero-order chi connectivity index (χ0) is 12.1. The molecule has 0 amide bonds. The fourth-order valence-electron chi connectivity index (χ4n) is 2.13. The number of nitrogen functional groups attached to an aromatic ring is 1. The van der Waals surface area contributed by atoms with E-state index in [9.17, 15) is 0 Å². The molecule has 0 aromatic heterocycles. The molecule has 1 aromatic carbocycles. The first-order chi connectivity index (χ1) is 7.68. The second-order valence-corrected chi connectivity index (χ2v) is 4.43. The molecule has 0 saturated heterocycles. The maximum atomic E-state index is 6.01. The minimum atomic E-state index is 0.671. The molecule has 1 aliphatic heterocycles. The number of nitrogens with two attached hydrogens (primary N) is 1. The molecule has 0 atom stereocenters. The molecule has 2 nitrogen and oxygen atoms in total. The van der Waals surface area contributed by atoms with Crippen molar-refractivity contribution < 1.29 is 0 Å². The van der Waals surface area contributed by atoms with Gasteiger partial charge in [-0.3, -0.25) is 0 Å². The highest BCUT2D eigenvalue weighted by molar-refractivity contribution is 5.66. The summed E-state index contributed by atoms with van der Waals surface area (Å²) < 4.78 is 0. The largest absolute Gasteiger partial charge is 0.398 e. The molecule has 2 heteroatoms. The highest BCUT2D eigenvalue weighted by Crippen LogP contribution is 2.31. The van der Waals surface area contributed by atoms with E-state index in [2.05, 4.69) is 25.2 Å². The highest BCUT2D eigenvalue weighted by Gasteiger charge is 2.16. The topological polar surface area (TPSA) is 38.0 Å². The molecule has 1 aliphatic rings. The molecule has 90 valence electrons. The zero-order valence-corrected chi connectivity index (χ0v) is 10.9. The summed E-state index contributed by atoms with van der Waals surface area (Å²) in [5.74, 6) is 0.671. The molecule has 0 radical (unpaired) electrons. The van der Waals surface area contributed by atoms with Crippen molar-refractivity contribution in [3.8, 4) is 0 Å². The van der Waals surface area contributed by atoms with Gasteiger partial charge >= 0.3 is 0 Å². The number of fused-ring (bicyclic) bond motifs is 1. The minimum absolute atomic E-state index is 0.671. The predicted octanol–water partition coefficient (Wildman–Crippen LogP) is 3.46. The van der Waals surface area contributed by atoms with Crippen LogP contribution in [0.25, 0.3) is 0 Å². The smallest absolute Gasteiger partial charge is 0.0377 e. The lowest BCUT2D eigenvalue weighted by atomic mass is 9.95. The van der Waals surface area contributed by atoms with E-state index in [0.717, 1.165) is 25.1 Å². The lowest BCUT2D eigenvalue weighted by Crippen LogP contribution is -2.03. The van der Waals surface area contributed by atoms with Crippen LogP contribution in [0.5, 0.6) is 0 Å². The average Bonchev–Trinajstić information content (AvgIpc) is 2.73. The van der Waals surface area contributed by atoms with Crippen molar-refractivity contribution in [3.63, 3.8) is 0 Å². The SMILES string of the molecule is CC.CC(C)Cc1c(N)ccc2c1CCN2. The summed E-state index contributed by atoms with van der Waals surface area (Å²) in [7, 11) is 0. The van der Waals surface area contributed by atoms with E-state index < -0.39 is 0 Å². The minimum Gasteiger partial charge on any atom is -0.398 e. The molecule has 0 spiro atoms. The molecule has 0 aliphatic carbocycles. The summed E-state index contributed by atoms with van der Waals surface area (Å²) in [5.41, 5.74) is 11.1. The van der Waals surface area contributed by atoms with Gasteiger partial charge in [0.05, 0.1) is 0 Å². The van der Waals surface area contributed by atoms with Gasteiger partial charge in [-0.25, -0.2) is 0 Å². The summed E-state index contributed by atoms with van der Waals surface area (Å²) in [4.78, 5) is 0. The van der Waals surface area contributed by atoms with Crippen molar-refractivity contribution in [2.75, 3.05) is 17.6 Å². The number of anilines is 2. The Morgan fingerprint density at radius 3 is 2.62 bits per heavy atom. The van der Waals surface area contributed by atoms with E-state index in [1.807, 2.05) is 19.9 Å². The van der Waals surface area contributed by atoms with Crippen molar-refractivity contribution in [3.05, 3.63) is 23.3 Å². The van der Waals surface area contributed by atoms with Crippen LogP contribution in [0.4, 0.5) is 11.4 Å². The van der Waals surface area contributed by atoms with Gasteiger partial charge in [-0.1, -0.05) is 27.7 Å². The van der Waals surface area contributed by atoms with Crippen LogP contribution in [0.15, 0.2) is 12.1 Å². The van der Waals surface area contributed by atoms with Crippen LogP contribution in [-0.4, -0.2) is 6.54 Å². The molecular weight excluding hydrogens is 196 g/mol. The van der Waals surface area contributed by atoms with Gasteiger partial charge in [0.2, 0.25) is 0 Å². The van der Waals surface area contributed by atoms with Crippen LogP contribution < -0.4 is 11.1 Å². The fraction of sp³-hybridized carbons (Fsp3) is 0.571. The number of hydrogen-bond acceptors (Lipinski definition) is 2. The van der Waals surface area contributed by atoms with Gasteiger partial charge in [-0.2, -0.15) is 0 Å². The van der Waals surface area contributed by atoms with Crippen molar-refractivity contribution in [1.29, 1.82) is 0 Å². The molecule has 0 saturated carbocycles. The molecule has 0 unspecified atom stereocenters. The van der Waals surface area contributed by atoms with Crippen LogP contribution in [0, 0.1) is 5.92 Å². The number of hydrogen-bond donors (Lipinski definition) is 2. The second kappa shape index (κ2) is 5.78. The Morgan fingerprint density at radius 1 is 1.31 bits per heavy atom. The molecule has 0 fully saturated rings. The van der Waals surface area contributed by atoms with E-state index in [-0.39, 0.29) is 0 Å². The molecular formula is C14H24N2. The Labute approximate surface area is 99.2 Å². The summed E-state index contributed by atoms with van der Waals surface area (Å²) in [6, 6.07) is 4.12. The van der Waals surface area contributed by atoms with Gasteiger partial charge in [-0.15, -0.1) is 0 Å². The van der Waals surface area contributed by atoms with E-state index in [1.54, 1.807) is 0 Å². The molecule has 1 heterocycles. The Morgan fingerprint density at radius 2 is 2.00 bits per heavy atom. The van der Waals surface area contributed by atoms with Crippen LogP contribution in [0.3, 0.4) is 0 Å². The molecule has 1 aromatic rings. The summed E-state index contributed by atoms with van der Waals surface area (Å²) in [6.45, 7) is 9.53. The summed E-state index contributed by atoms with van der Waals surface area (Å²) in [6.07, 6.45) is 2.22. The maximum Gasteiger partial charge on any atom is 0.0377 e. The van der Waals surface area contributed by atoms with Crippen molar-refractivity contribution in [2.45, 2.75) is 40.5 Å². The number of nitrogens with one attached hydrogen (secondary N) is 1. The lowest BCUT2D eigenvalue weighted by Gasteiger charge is -2.13. The van der Waals surface area contributed by atoms with Gasteiger partial charge in [-0.05, 0) is 42.0 Å². The highest BCUT2D eigenvalue weighted by atomic mass is 14.9. The van der Waals surface area contributed by atoms with Gasteiger partial charge in [0.15, 0.2) is 0 Å². The molecule has 2 rings (SSSR count). The third-order valence-corrected chi connectivity index (χ3v) is 2.77. The Hall–Kier alpha value is -1.18. The second-order valence-electron chi connectivity index (χ2n) is 4.43. The monoisotopic (exact) mass is 220 g/mol. The molecule has 16 heavy (non-hydrogen) atoms. The summed E-state index contributed by atoms with van der Waals surface area (Å²) >= 11 is 0. The molecule has 0 bridgehead atoms. The van der Waals surface area contributed by atoms with Gasteiger partial charge in [0, 0.05) is 17.9 Å². The number of rotatable bonds is 2. The maximum absolute atomic E-state index is 6.01. The van der Waals surface area contributed by atoms with Gasteiger partial charge < -0.3 is 11.1 Å². The van der Waals surface area contributed by atoms with Gasteiger partial charge in [0.1, 0.15) is 0 Å². The molecule has 3 N–H and O–H groups in total. The van der Waals surface area contributed by atoms with Crippen LogP contribution in [0.2, 0.25) is 0 Å². The standard InChI is InChI=1S/C12H18N2.C2H6/c1-8(2)7-10-9-5-6-14-12(9)4-3-11(10)13;1-2/h3-4,8,14H,5-7,13H2,1-2H3;1-2H3. The van der Waals surface area contributed by atoms with E-state index >= 15 is 0 Å². The Kier molecular flexibility index (Phi) is 4.66. The fourth-order valence-corrected chi connectivity index (χ4v) is 2.13. The van der Waals surface area contributed by atoms with E-state index in [4.69, 9.17) is 5.73 Å². The first-order valence-corrected chi connectivity index (χ1v) is 6.32. The van der Waals surface area contributed by atoms with Crippen molar-refractivity contribution >= 4 is 11.4 Å². The first-order valence-electron chi connectivity index (χ1n) is 6.32. The Bertz CT molecular complexity index is 343. The van der Waals surface area contributed by atoms with Crippen molar-refractivity contribution in [1.82, 2.24) is 0 Å². The van der Waals surface area contributed by atoms with E-state index in [0.29, 0.717) is 5.92 Å². The normalized spacial score (nSPS) is 12.8. The zero-order valence-electron chi connectivity index (χ0n) is 10.9. The summed E-state index contributed by atoms with van der Waals surface area (Å²) in [5, 5.41) is 3.39. The third kappa shape index (κ3) is 2.69. The van der Waals surface area contributed by atoms with Crippen LogP contribution in [-0.2, 0) is 12.8 Å². The van der Waals surface area contributed by atoms with Crippen LogP contribution >= 0.6 is 0 Å². The first kappa shape index (κ1) is 12.9. The average molecular weight is 220 g/mol. The van der Waals surface area contributed by atoms with Gasteiger partial charge in [0.25, 0.3) is 0 Å². The van der Waals surface area contributed by atoms with Crippen LogP contribution in [0.1, 0.15) is 38.8 Å². The van der Waals surface area contributed by atoms with E-state index in [1.165, 1.54) is 16.8 Å². The third-order valence-electron chi connectivity index (χ3n) is 2.77.